The van der Waals surface area contributed by atoms with E-state index in [2.05, 4.69) is 16.0 Å². The summed E-state index contributed by atoms with van der Waals surface area (Å²) in [4.78, 5) is 0. The van der Waals surface area contributed by atoms with E-state index in [1.54, 1.807) is 0 Å². The fraction of sp³-hybridized carbons (Fsp3) is 0. The van der Waals surface area contributed by atoms with Gasteiger partial charge in [0.05, 0.1) is 0 Å². The van der Waals surface area contributed by atoms with Crippen molar-refractivity contribution in [2.45, 2.75) is 0 Å². The Balaban J connectivity index is 0.000000276. The molecule has 0 N–H and O–H groups in total. The minimum absolute atomic E-state index is 0. The van der Waals surface area contributed by atoms with Gasteiger partial charge in [-0.05, 0) is 0 Å². The van der Waals surface area contributed by atoms with Crippen LogP contribution in [0.4, 0.5) is 166 Å². The molecule has 70 heavy (non-hydrogen) atoms. The third-order valence-corrected chi connectivity index (χ3v) is 7.79. The maximum Gasteiger partial charge on any atom is 3.00 e. The summed E-state index contributed by atoms with van der Waals surface area (Å²) in [6.07, 6.45) is 0. The van der Waals surface area contributed by atoms with Gasteiger partial charge in [-0.25, -0.2) is 132 Å². The van der Waals surface area contributed by atoms with Gasteiger partial charge in [-0.3, -0.25) is 0 Å². The maximum atomic E-state index is 13.3. The summed E-state index contributed by atoms with van der Waals surface area (Å²) >= 11 is 0. The quantitative estimate of drug-likeness (QED) is 0.0906. The second-order valence-electron chi connectivity index (χ2n) is 11.8. The van der Waals surface area contributed by atoms with Crippen LogP contribution in [0.1, 0.15) is 0 Å². The summed E-state index contributed by atoms with van der Waals surface area (Å²) < 4.78 is 391. The summed E-state index contributed by atoms with van der Waals surface area (Å²) in [5.74, 6) is -76.9. The van der Waals surface area contributed by atoms with E-state index in [1.807, 2.05) is 0 Å². The van der Waals surface area contributed by atoms with Crippen LogP contribution in [0.25, 0.3) is 16.0 Å². The van der Waals surface area contributed by atoms with Crippen LogP contribution in [0.5, 0.6) is 0 Å². The van der Waals surface area contributed by atoms with Crippen molar-refractivity contribution < 1.29 is 167 Å². The van der Waals surface area contributed by atoms with E-state index in [0.717, 1.165) is 0 Å². The molecular formula is C36F30LaN3. The molecule has 0 radical (unpaired) electrons. The summed E-state index contributed by atoms with van der Waals surface area (Å²) in [6.45, 7) is 0. The molecule has 0 fully saturated rings. The van der Waals surface area contributed by atoms with Crippen LogP contribution in [0.2, 0.25) is 0 Å². The van der Waals surface area contributed by atoms with Crippen molar-refractivity contribution in [2.75, 3.05) is 0 Å². The smallest absolute Gasteiger partial charge is 0.648 e. The van der Waals surface area contributed by atoms with E-state index in [4.69, 9.17) is 0 Å². The van der Waals surface area contributed by atoms with Gasteiger partial charge >= 0.3 is 35.6 Å². The van der Waals surface area contributed by atoms with Crippen molar-refractivity contribution in [1.29, 1.82) is 0 Å². The van der Waals surface area contributed by atoms with Gasteiger partial charge in [0, 0.05) is 0 Å². The summed E-state index contributed by atoms with van der Waals surface area (Å²) in [5.41, 5.74) is -12.6. The minimum atomic E-state index is -2.59. The third kappa shape index (κ3) is 10.2. The van der Waals surface area contributed by atoms with Gasteiger partial charge in [-0.15, -0.1) is 0 Å². The van der Waals surface area contributed by atoms with Crippen LogP contribution >= 0.6 is 0 Å². The molecule has 34 heteroatoms. The molecular weight excluding hydrogens is 1180 g/mol. The monoisotopic (exact) mass is 1180 g/mol. The van der Waals surface area contributed by atoms with Crippen LogP contribution in [0, 0.1) is 210 Å². The molecule has 0 aliphatic rings. The zero-order valence-electron chi connectivity index (χ0n) is 31.3. The number of benzene rings is 6. The van der Waals surface area contributed by atoms with Gasteiger partial charge < -0.3 is 16.0 Å². The number of hydrogen-bond acceptors (Lipinski definition) is 0. The molecule has 0 amide bonds. The molecule has 372 valence electrons. The van der Waals surface area contributed by atoms with Crippen molar-refractivity contribution in [3.8, 4) is 0 Å². The Bertz CT molecular complexity index is 2410. The first-order valence-corrected chi connectivity index (χ1v) is 16.0. The Morgan fingerprint density at radius 1 is 0.114 bits per heavy atom. The van der Waals surface area contributed by atoms with E-state index in [1.165, 1.54) is 0 Å². The summed E-state index contributed by atoms with van der Waals surface area (Å²) in [5, 5.41) is 7.11. The van der Waals surface area contributed by atoms with E-state index in [9.17, 15) is 132 Å². The molecule has 6 aromatic carbocycles. The Kier molecular flexibility index (Phi) is 18.1. The van der Waals surface area contributed by atoms with Gasteiger partial charge in [-0.2, -0.15) is 0 Å². The Morgan fingerprint density at radius 2 is 0.171 bits per heavy atom. The van der Waals surface area contributed by atoms with Gasteiger partial charge in [0.2, 0.25) is 0 Å². The average Bonchev–Trinajstić information content (AvgIpc) is 3.33. The summed E-state index contributed by atoms with van der Waals surface area (Å²) in [7, 11) is 0. The predicted molar refractivity (Wildman–Crippen MR) is 165 cm³/mol. The van der Waals surface area contributed by atoms with E-state index >= 15 is 0 Å². The molecule has 0 aromatic heterocycles. The SMILES string of the molecule is Fc1c(F)c(F)c([N-]c2c(F)c(F)c(F)c(F)c2F)c(F)c1F.Fc1c(F)c(F)c([N-]c2c(F)c(F)c(F)c(F)c2F)c(F)c1F.Fc1c(F)c(F)c([N-]c2c(F)c(F)c(F)c(F)c2F)c(F)c1F.[La+3]. The van der Waals surface area contributed by atoms with Gasteiger partial charge in [-0.1, -0.05) is 34.1 Å². The van der Waals surface area contributed by atoms with Crippen molar-refractivity contribution >= 4 is 34.1 Å². The number of halogens is 30. The van der Waals surface area contributed by atoms with Crippen LogP contribution in [-0.2, 0) is 0 Å². The number of nitrogens with zero attached hydrogens (tertiary/aromatic N) is 3. The standard InChI is InChI=1S/3C12F10N.La/c3*13-1-3(15)7(19)11(8(20)4(1)16)23-12-9(21)5(17)2(14)6(18)10(12)22;/q3*-1;+3. The van der Waals surface area contributed by atoms with Crippen molar-refractivity contribution in [3.05, 3.63) is 190 Å². The molecule has 3 nitrogen and oxygen atoms in total. The van der Waals surface area contributed by atoms with E-state index < -0.39 is 209 Å². The molecule has 6 aromatic rings. The van der Waals surface area contributed by atoms with Crippen LogP contribution in [0.15, 0.2) is 0 Å². The topological polar surface area (TPSA) is 42.3 Å². The first-order chi connectivity index (χ1) is 31.8. The van der Waals surface area contributed by atoms with E-state index in [-0.39, 0.29) is 35.6 Å². The van der Waals surface area contributed by atoms with Crippen LogP contribution < -0.4 is 0 Å². The molecule has 0 aliphatic carbocycles. The molecule has 0 unspecified atom stereocenters. The number of rotatable bonds is 6. The molecule has 0 heterocycles. The zero-order valence-corrected chi connectivity index (χ0v) is 34.9. The largest absolute Gasteiger partial charge is 3.00 e. The Hall–Kier alpha value is -6.19. The minimum Gasteiger partial charge on any atom is -0.648 e. The maximum absolute atomic E-state index is 13.3. The molecule has 0 aliphatic heterocycles. The second-order valence-corrected chi connectivity index (χ2v) is 11.8. The molecule has 0 bridgehead atoms. The van der Waals surface area contributed by atoms with Gasteiger partial charge in [0.1, 0.15) is 69.8 Å². The second kappa shape index (κ2) is 21.8. The van der Waals surface area contributed by atoms with Crippen LogP contribution in [0.3, 0.4) is 0 Å². The predicted octanol–water partition coefficient (Wildman–Crippen LogP) is 16.2. The first-order valence-electron chi connectivity index (χ1n) is 16.0. The fourth-order valence-electron chi connectivity index (χ4n) is 4.48. The average molecular weight is 1180 g/mol. The van der Waals surface area contributed by atoms with Crippen LogP contribution in [-0.4, -0.2) is 0 Å². The van der Waals surface area contributed by atoms with Gasteiger partial charge in [0.15, 0.2) is 105 Å². The fourth-order valence-corrected chi connectivity index (χ4v) is 4.48. The van der Waals surface area contributed by atoms with Gasteiger partial charge in [0.25, 0.3) is 0 Å². The first kappa shape index (κ1) is 58.1. The molecule has 0 saturated carbocycles. The van der Waals surface area contributed by atoms with Crippen molar-refractivity contribution in [1.82, 2.24) is 0 Å². The number of hydrogen-bond donors (Lipinski definition) is 0. The van der Waals surface area contributed by atoms with E-state index in [0.29, 0.717) is 0 Å². The molecule has 0 atom stereocenters. The van der Waals surface area contributed by atoms with Crippen molar-refractivity contribution in [2.24, 2.45) is 0 Å². The Morgan fingerprint density at radius 3 is 0.243 bits per heavy atom. The molecule has 6 rings (SSSR count). The Labute approximate surface area is 390 Å². The van der Waals surface area contributed by atoms with Crippen molar-refractivity contribution in [3.63, 3.8) is 0 Å². The normalized spacial score (nSPS) is 10.9. The zero-order chi connectivity index (χ0) is 52.9. The molecule has 0 spiro atoms. The third-order valence-electron chi connectivity index (χ3n) is 7.79. The summed E-state index contributed by atoms with van der Waals surface area (Å²) in [6, 6.07) is 0. The molecule has 0 saturated heterocycles.